The van der Waals surface area contributed by atoms with Gasteiger partial charge >= 0.3 is 0 Å². The van der Waals surface area contributed by atoms with Crippen molar-refractivity contribution in [3.05, 3.63) is 0 Å². The number of sulfone groups is 1. The van der Waals surface area contributed by atoms with E-state index >= 15 is 0 Å². The van der Waals surface area contributed by atoms with Crippen LogP contribution in [0.4, 0.5) is 0 Å². The zero-order valence-electron chi connectivity index (χ0n) is 9.95. The fourth-order valence-electron chi connectivity index (χ4n) is 1.41. The van der Waals surface area contributed by atoms with Gasteiger partial charge in [-0.2, -0.15) is 11.8 Å². The number of rotatable bonds is 9. The molecule has 0 fully saturated rings. The first kappa shape index (κ1) is 15.3. The van der Waals surface area contributed by atoms with Crippen LogP contribution in [0.1, 0.15) is 26.2 Å². The maximum absolute atomic E-state index is 11.0. The summed E-state index contributed by atoms with van der Waals surface area (Å²) >= 11 is 1.87. The van der Waals surface area contributed by atoms with Crippen LogP contribution in [0.2, 0.25) is 0 Å². The van der Waals surface area contributed by atoms with E-state index in [1.807, 2.05) is 18.7 Å². The van der Waals surface area contributed by atoms with Crippen LogP contribution in [0.25, 0.3) is 0 Å². The molecule has 0 rings (SSSR count). The topological polar surface area (TPSA) is 46.2 Å². The Morgan fingerprint density at radius 3 is 2.47 bits per heavy atom. The molecule has 0 bridgehead atoms. The number of thioether (sulfide) groups is 1. The van der Waals surface area contributed by atoms with E-state index in [4.69, 9.17) is 0 Å². The van der Waals surface area contributed by atoms with Gasteiger partial charge in [0.05, 0.1) is 5.75 Å². The van der Waals surface area contributed by atoms with Gasteiger partial charge in [0, 0.05) is 12.3 Å². The van der Waals surface area contributed by atoms with Crippen LogP contribution in [-0.2, 0) is 9.84 Å². The van der Waals surface area contributed by atoms with Crippen molar-refractivity contribution >= 4 is 21.6 Å². The minimum absolute atomic E-state index is 0.0700. The average molecular weight is 253 g/mol. The summed E-state index contributed by atoms with van der Waals surface area (Å²) in [6.45, 7) is 2.84. The van der Waals surface area contributed by atoms with E-state index in [0.717, 1.165) is 13.0 Å². The molecule has 0 amide bonds. The van der Waals surface area contributed by atoms with Crippen molar-refractivity contribution in [3.63, 3.8) is 0 Å². The third-order valence-corrected chi connectivity index (χ3v) is 3.87. The van der Waals surface area contributed by atoms with E-state index in [9.17, 15) is 8.42 Å². The quantitative estimate of drug-likeness (QED) is 0.633. The minimum atomic E-state index is -2.84. The summed E-state index contributed by atoms with van der Waals surface area (Å²) in [6.07, 6.45) is 7.01. The standard InChI is InChI=1S/C10H23NO2S2/c1-10(9-15(3,12)13)11-7-5-4-6-8-14-2/h10-11H,4-9H2,1-3H3. The number of hydrogen-bond acceptors (Lipinski definition) is 4. The third-order valence-electron chi connectivity index (χ3n) is 2.07. The molecule has 0 spiro atoms. The molecular weight excluding hydrogens is 230 g/mol. The van der Waals surface area contributed by atoms with E-state index in [1.165, 1.54) is 24.9 Å². The molecule has 5 heteroatoms. The van der Waals surface area contributed by atoms with Crippen molar-refractivity contribution in [1.29, 1.82) is 0 Å². The van der Waals surface area contributed by atoms with Gasteiger partial charge < -0.3 is 5.32 Å². The molecule has 92 valence electrons. The summed E-state index contributed by atoms with van der Waals surface area (Å²) < 4.78 is 21.9. The molecule has 0 aliphatic carbocycles. The Morgan fingerprint density at radius 1 is 1.27 bits per heavy atom. The number of unbranched alkanes of at least 4 members (excludes halogenated alkanes) is 2. The summed E-state index contributed by atoms with van der Waals surface area (Å²) in [4.78, 5) is 0. The van der Waals surface area contributed by atoms with E-state index in [2.05, 4.69) is 11.6 Å². The Balaban J connectivity index is 3.36. The van der Waals surface area contributed by atoms with Gasteiger partial charge in [-0.15, -0.1) is 0 Å². The molecule has 0 aromatic rings. The van der Waals surface area contributed by atoms with Crippen LogP contribution in [0.5, 0.6) is 0 Å². The van der Waals surface area contributed by atoms with Gasteiger partial charge in [-0.3, -0.25) is 0 Å². The van der Waals surface area contributed by atoms with Gasteiger partial charge in [-0.1, -0.05) is 6.42 Å². The lowest BCUT2D eigenvalue weighted by molar-refractivity contribution is 0.542. The van der Waals surface area contributed by atoms with E-state index < -0.39 is 9.84 Å². The molecule has 3 nitrogen and oxygen atoms in total. The highest BCUT2D eigenvalue weighted by Crippen LogP contribution is 2.01. The van der Waals surface area contributed by atoms with Crippen molar-refractivity contribution in [2.45, 2.75) is 32.2 Å². The van der Waals surface area contributed by atoms with Crippen molar-refractivity contribution in [1.82, 2.24) is 5.32 Å². The highest BCUT2D eigenvalue weighted by molar-refractivity contribution is 7.98. The van der Waals surface area contributed by atoms with Gasteiger partial charge in [0.1, 0.15) is 9.84 Å². The normalized spacial score (nSPS) is 14.1. The fourth-order valence-corrected chi connectivity index (χ4v) is 2.93. The first-order valence-corrected chi connectivity index (χ1v) is 8.81. The summed E-state index contributed by atoms with van der Waals surface area (Å²) in [6, 6.07) is 0.0700. The maximum atomic E-state index is 11.0. The Labute approximate surface area is 98.3 Å². The number of hydrogen-bond donors (Lipinski definition) is 1. The Hall–Kier alpha value is 0.260. The largest absolute Gasteiger partial charge is 0.313 e. The van der Waals surface area contributed by atoms with E-state index in [0.29, 0.717) is 0 Å². The smallest absolute Gasteiger partial charge is 0.148 e. The van der Waals surface area contributed by atoms with Crippen LogP contribution in [0.15, 0.2) is 0 Å². The molecule has 0 aromatic carbocycles. The summed E-state index contributed by atoms with van der Waals surface area (Å²) in [5.74, 6) is 1.46. The van der Waals surface area contributed by atoms with Crippen molar-refractivity contribution in [2.24, 2.45) is 0 Å². The molecule has 0 saturated carbocycles. The van der Waals surface area contributed by atoms with Crippen LogP contribution < -0.4 is 5.32 Å². The highest BCUT2D eigenvalue weighted by Gasteiger charge is 2.08. The van der Waals surface area contributed by atoms with Crippen LogP contribution in [0.3, 0.4) is 0 Å². The lowest BCUT2D eigenvalue weighted by Crippen LogP contribution is -2.33. The first-order valence-electron chi connectivity index (χ1n) is 5.36. The van der Waals surface area contributed by atoms with Gasteiger partial charge in [-0.25, -0.2) is 8.42 Å². The molecule has 0 saturated heterocycles. The molecule has 0 aromatic heterocycles. The molecule has 0 heterocycles. The van der Waals surface area contributed by atoms with Crippen molar-refractivity contribution in [2.75, 3.05) is 30.6 Å². The lowest BCUT2D eigenvalue weighted by atomic mass is 10.2. The second kappa shape index (κ2) is 8.42. The van der Waals surface area contributed by atoms with Crippen LogP contribution >= 0.6 is 11.8 Å². The first-order chi connectivity index (χ1) is 6.95. The average Bonchev–Trinajstić information content (AvgIpc) is 2.08. The molecule has 1 unspecified atom stereocenters. The summed E-state index contributed by atoms with van der Waals surface area (Å²) in [5, 5.41) is 3.23. The van der Waals surface area contributed by atoms with Gasteiger partial charge in [0.2, 0.25) is 0 Å². The Kier molecular flexibility index (Phi) is 8.56. The molecule has 1 atom stereocenters. The second-order valence-electron chi connectivity index (χ2n) is 4.00. The van der Waals surface area contributed by atoms with Gasteiger partial charge in [0.15, 0.2) is 0 Å². The zero-order chi connectivity index (χ0) is 11.7. The van der Waals surface area contributed by atoms with Crippen molar-refractivity contribution < 1.29 is 8.42 Å². The maximum Gasteiger partial charge on any atom is 0.148 e. The van der Waals surface area contributed by atoms with Crippen LogP contribution in [0, 0.1) is 0 Å². The molecule has 15 heavy (non-hydrogen) atoms. The third kappa shape index (κ3) is 12.2. The molecule has 0 aliphatic rings. The highest BCUT2D eigenvalue weighted by atomic mass is 32.2. The van der Waals surface area contributed by atoms with Gasteiger partial charge in [0.25, 0.3) is 0 Å². The second-order valence-corrected chi connectivity index (χ2v) is 7.17. The van der Waals surface area contributed by atoms with Crippen molar-refractivity contribution in [3.8, 4) is 0 Å². The summed E-state index contributed by atoms with van der Waals surface area (Å²) in [5.41, 5.74) is 0. The summed E-state index contributed by atoms with van der Waals surface area (Å²) in [7, 11) is -2.84. The predicted octanol–water partition coefficient (Wildman–Crippen LogP) is 1.54. The Bertz CT molecular complexity index is 240. The molecule has 0 radical (unpaired) electrons. The zero-order valence-corrected chi connectivity index (χ0v) is 11.6. The minimum Gasteiger partial charge on any atom is -0.313 e. The molecule has 1 N–H and O–H groups in total. The monoisotopic (exact) mass is 253 g/mol. The van der Waals surface area contributed by atoms with Crippen LogP contribution in [-0.4, -0.2) is 45.0 Å². The number of nitrogens with one attached hydrogen (secondary N) is 1. The SMILES string of the molecule is CSCCCCCNC(C)CS(C)(=O)=O. The molecular formula is C10H23NO2S2. The van der Waals surface area contributed by atoms with E-state index in [-0.39, 0.29) is 11.8 Å². The Morgan fingerprint density at radius 2 is 1.93 bits per heavy atom. The van der Waals surface area contributed by atoms with E-state index in [1.54, 1.807) is 0 Å². The van der Waals surface area contributed by atoms with Gasteiger partial charge in [-0.05, 0) is 38.3 Å². The fraction of sp³-hybridized carbons (Fsp3) is 1.00. The molecule has 0 aliphatic heterocycles. The lowest BCUT2D eigenvalue weighted by Gasteiger charge is -2.12. The predicted molar refractivity (Wildman–Crippen MR) is 69.4 cm³/mol.